The van der Waals surface area contributed by atoms with Crippen LogP contribution in [-0.2, 0) is 29.7 Å². The normalized spacial score (nSPS) is 16.3. The highest BCUT2D eigenvalue weighted by atomic mass is 19.1. The standard InChI is InChI=1S/C32H37FN4O3/c1-6-26-19-37(17-23-10-11-25(33)15-30(23)40-26)18-24-14-22(9-8-20(24)3)28(16-31(38)39-7-2)27-12-13-29-32(21(27)4)34-35-36(29)5/h8-15,26,28H,6-7,16-19H2,1-5H3. The number of fused-ring (bicyclic) bond motifs is 2. The van der Waals surface area contributed by atoms with Crippen molar-refractivity contribution in [2.75, 3.05) is 13.2 Å². The number of ether oxygens (including phenoxy) is 2. The molecule has 0 N–H and O–H groups in total. The van der Waals surface area contributed by atoms with Crippen molar-refractivity contribution < 1.29 is 18.7 Å². The largest absolute Gasteiger partial charge is 0.489 e. The molecule has 1 aromatic heterocycles. The Labute approximate surface area is 234 Å². The second kappa shape index (κ2) is 11.8. The van der Waals surface area contributed by atoms with E-state index in [1.165, 1.54) is 23.3 Å². The molecule has 5 rings (SSSR count). The van der Waals surface area contributed by atoms with Gasteiger partial charge in [-0.25, -0.2) is 9.07 Å². The molecule has 1 aliphatic rings. The molecule has 3 aromatic carbocycles. The SMILES string of the molecule is CCOC(=O)CC(c1ccc(C)c(CN2Cc3ccc(F)cc3OC(CC)C2)c1)c1ccc2c(nnn2C)c1C. The van der Waals surface area contributed by atoms with E-state index in [-0.39, 0.29) is 30.2 Å². The third-order valence-corrected chi connectivity index (χ3v) is 7.93. The van der Waals surface area contributed by atoms with Crippen LogP contribution >= 0.6 is 0 Å². The molecule has 2 unspecified atom stereocenters. The molecule has 1 aliphatic heterocycles. The monoisotopic (exact) mass is 544 g/mol. The Bertz CT molecular complexity index is 1530. The van der Waals surface area contributed by atoms with E-state index in [1.807, 2.05) is 33.0 Å². The van der Waals surface area contributed by atoms with Crippen molar-refractivity contribution in [1.82, 2.24) is 19.9 Å². The maximum atomic E-state index is 13.9. The average Bonchev–Trinajstić information content (AvgIpc) is 3.21. The van der Waals surface area contributed by atoms with Crippen molar-refractivity contribution in [2.45, 2.75) is 65.6 Å². The van der Waals surface area contributed by atoms with Gasteiger partial charge < -0.3 is 9.47 Å². The van der Waals surface area contributed by atoms with Crippen molar-refractivity contribution in [3.05, 3.63) is 87.7 Å². The van der Waals surface area contributed by atoms with E-state index in [4.69, 9.17) is 9.47 Å². The Morgan fingerprint density at radius 1 is 1.15 bits per heavy atom. The van der Waals surface area contributed by atoms with Gasteiger partial charge in [-0.05, 0) is 67.1 Å². The number of esters is 1. The number of carbonyl (C=O) groups is 1. The smallest absolute Gasteiger partial charge is 0.306 e. The third kappa shape index (κ3) is 5.72. The van der Waals surface area contributed by atoms with Gasteiger partial charge >= 0.3 is 5.97 Å². The van der Waals surface area contributed by atoms with Gasteiger partial charge in [-0.3, -0.25) is 9.69 Å². The van der Waals surface area contributed by atoms with Gasteiger partial charge in [0.15, 0.2) is 0 Å². The number of hydrogen-bond acceptors (Lipinski definition) is 6. The van der Waals surface area contributed by atoms with Crippen LogP contribution in [0.1, 0.15) is 66.0 Å². The summed E-state index contributed by atoms with van der Waals surface area (Å²) in [6, 6.07) is 15.4. The van der Waals surface area contributed by atoms with Crippen LogP contribution in [0, 0.1) is 19.7 Å². The number of aromatic nitrogens is 3. The van der Waals surface area contributed by atoms with Gasteiger partial charge in [0.05, 0.1) is 18.5 Å². The Morgan fingerprint density at radius 3 is 2.75 bits per heavy atom. The molecule has 0 saturated carbocycles. The number of rotatable bonds is 8. The fourth-order valence-corrected chi connectivity index (χ4v) is 5.65. The Hall–Kier alpha value is -3.78. The fraction of sp³-hybridized carbons (Fsp3) is 0.406. The molecule has 0 bridgehead atoms. The lowest BCUT2D eigenvalue weighted by atomic mass is 9.84. The van der Waals surface area contributed by atoms with Gasteiger partial charge in [-0.1, -0.05) is 42.5 Å². The zero-order chi connectivity index (χ0) is 28.4. The summed E-state index contributed by atoms with van der Waals surface area (Å²) in [5, 5.41) is 8.57. The van der Waals surface area contributed by atoms with Gasteiger partial charge in [0, 0.05) is 44.2 Å². The summed E-state index contributed by atoms with van der Waals surface area (Å²) in [7, 11) is 1.88. The number of nitrogens with zero attached hydrogens (tertiary/aromatic N) is 4. The lowest BCUT2D eigenvalue weighted by Gasteiger charge is -2.25. The van der Waals surface area contributed by atoms with Crippen molar-refractivity contribution in [3.63, 3.8) is 0 Å². The zero-order valence-corrected chi connectivity index (χ0v) is 23.9. The number of carbonyl (C=O) groups excluding carboxylic acids is 1. The Morgan fingerprint density at radius 2 is 1.98 bits per heavy atom. The highest BCUT2D eigenvalue weighted by molar-refractivity contribution is 5.80. The second-order valence-corrected chi connectivity index (χ2v) is 10.7. The molecule has 0 saturated heterocycles. The molecule has 8 heteroatoms. The molecule has 7 nitrogen and oxygen atoms in total. The van der Waals surface area contributed by atoms with Gasteiger partial charge in [-0.15, -0.1) is 5.10 Å². The van der Waals surface area contributed by atoms with Gasteiger partial charge in [-0.2, -0.15) is 0 Å². The maximum absolute atomic E-state index is 13.9. The number of hydrogen-bond donors (Lipinski definition) is 0. The summed E-state index contributed by atoms with van der Waals surface area (Å²) in [5.41, 5.74) is 8.26. The lowest BCUT2D eigenvalue weighted by molar-refractivity contribution is -0.143. The van der Waals surface area contributed by atoms with Gasteiger partial charge in [0.2, 0.25) is 0 Å². The first-order valence-electron chi connectivity index (χ1n) is 14.0. The molecule has 210 valence electrons. The molecule has 0 amide bonds. The minimum Gasteiger partial charge on any atom is -0.489 e. The zero-order valence-electron chi connectivity index (χ0n) is 23.9. The predicted molar refractivity (Wildman–Crippen MR) is 153 cm³/mol. The summed E-state index contributed by atoms with van der Waals surface area (Å²) in [6.45, 7) is 10.5. The van der Waals surface area contributed by atoms with E-state index >= 15 is 0 Å². The van der Waals surface area contributed by atoms with Crippen LogP contribution in [-0.4, -0.2) is 45.1 Å². The molecular weight excluding hydrogens is 507 g/mol. The number of aryl methyl sites for hydroxylation is 3. The van der Waals surface area contributed by atoms with Gasteiger partial charge in [0.1, 0.15) is 23.2 Å². The topological polar surface area (TPSA) is 69.5 Å². The molecule has 2 atom stereocenters. The van der Waals surface area contributed by atoms with E-state index in [2.05, 4.69) is 53.3 Å². The molecule has 40 heavy (non-hydrogen) atoms. The van der Waals surface area contributed by atoms with E-state index in [9.17, 15) is 9.18 Å². The van der Waals surface area contributed by atoms with Crippen LogP contribution < -0.4 is 4.74 Å². The van der Waals surface area contributed by atoms with E-state index in [0.29, 0.717) is 25.4 Å². The molecule has 0 radical (unpaired) electrons. The molecular formula is C32H37FN4O3. The predicted octanol–water partition coefficient (Wildman–Crippen LogP) is 5.98. The van der Waals surface area contributed by atoms with Gasteiger partial charge in [0.25, 0.3) is 0 Å². The van der Waals surface area contributed by atoms with Crippen LogP contribution in [0.2, 0.25) is 0 Å². The second-order valence-electron chi connectivity index (χ2n) is 10.7. The number of benzene rings is 3. The average molecular weight is 545 g/mol. The van der Waals surface area contributed by atoms with Crippen LogP contribution in [0.5, 0.6) is 5.75 Å². The first-order chi connectivity index (χ1) is 19.3. The van der Waals surface area contributed by atoms with Crippen LogP contribution in [0.25, 0.3) is 11.0 Å². The van der Waals surface area contributed by atoms with E-state index in [1.54, 1.807) is 4.68 Å². The van der Waals surface area contributed by atoms with E-state index < -0.39 is 0 Å². The first-order valence-corrected chi connectivity index (χ1v) is 14.0. The van der Waals surface area contributed by atoms with Crippen LogP contribution in [0.15, 0.2) is 48.5 Å². The van der Waals surface area contributed by atoms with Crippen molar-refractivity contribution in [1.29, 1.82) is 0 Å². The summed E-state index contributed by atoms with van der Waals surface area (Å²) in [6.07, 6.45) is 1.04. The highest BCUT2D eigenvalue weighted by Gasteiger charge is 2.26. The maximum Gasteiger partial charge on any atom is 0.306 e. The quantitative estimate of drug-likeness (QED) is 0.254. The van der Waals surface area contributed by atoms with Crippen molar-refractivity contribution in [3.8, 4) is 5.75 Å². The first kappa shape index (κ1) is 27.8. The molecule has 4 aromatic rings. The van der Waals surface area contributed by atoms with E-state index in [0.717, 1.165) is 46.3 Å². The van der Waals surface area contributed by atoms with Crippen molar-refractivity contribution in [2.24, 2.45) is 7.05 Å². The molecule has 0 aliphatic carbocycles. The minimum atomic E-state index is -0.284. The lowest BCUT2D eigenvalue weighted by Crippen LogP contribution is -2.32. The Kier molecular flexibility index (Phi) is 8.17. The summed E-state index contributed by atoms with van der Waals surface area (Å²) >= 11 is 0. The van der Waals surface area contributed by atoms with Crippen LogP contribution in [0.4, 0.5) is 4.39 Å². The molecule has 2 heterocycles. The van der Waals surface area contributed by atoms with Crippen molar-refractivity contribution >= 4 is 17.0 Å². The summed E-state index contributed by atoms with van der Waals surface area (Å²) in [5.74, 6) is -0.0747. The minimum absolute atomic E-state index is 0.0236. The van der Waals surface area contributed by atoms with Crippen LogP contribution in [0.3, 0.4) is 0 Å². The number of halogens is 1. The Balaban J connectivity index is 1.50. The fourth-order valence-electron chi connectivity index (χ4n) is 5.65. The summed E-state index contributed by atoms with van der Waals surface area (Å²) in [4.78, 5) is 15.2. The third-order valence-electron chi connectivity index (χ3n) is 7.93. The molecule has 0 spiro atoms. The summed E-state index contributed by atoms with van der Waals surface area (Å²) < 4.78 is 27.3. The molecule has 0 fully saturated rings. The highest BCUT2D eigenvalue weighted by Crippen LogP contribution is 2.35.